The van der Waals surface area contributed by atoms with Gasteiger partial charge in [0.05, 0.1) is 23.7 Å². The molecule has 1 heterocycles. The van der Waals surface area contributed by atoms with Gasteiger partial charge < -0.3 is 5.32 Å². The molecule has 1 aromatic heterocycles. The molecule has 0 saturated carbocycles. The Hall–Kier alpha value is -2.42. The summed E-state index contributed by atoms with van der Waals surface area (Å²) < 4.78 is 38.3. The highest BCUT2D eigenvalue weighted by Crippen LogP contribution is 2.20. The first kappa shape index (κ1) is 18.9. The summed E-state index contributed by atoms with van der Waals surface area (Å²) in [7, 11) is -3.75. The Morgan fingerprint density at radius 3 is 2.60 bits per heavy atom. The molecule has 0 bridgehead atoms. The number of amides is 1. The van der Waals surface area contributed by atoms with Crippen LogP contribution in [0.5, 0.6) is 0 Å². The number of nitrogens with zero attached hydrogens (tertiary/aromatic N) is 2. The van der Waals surface area contributed by atoms with E-state index in [1.165, 1.54) is 18.2 Å². The van der Waals surface area contributed by atoms with E-state index < -0.39 is 28.3 Å². The van der Waals surface area contributed by atoms with Crippen LogP contribution in [0.25, 0.3) is 0 Å². The minimum Gasteiger partial charge on any atom is -0.348 e. The summed E-state index contributed by atoms with van der Waals surface area (Å²) in [5.41, 5.74) is 2.54. The number of carbonyl (C=O) groups is 1. The molecule has 1 atom stereocenters. The van der Waals surface area contributed by atoms with Crippen molar-refractivity contribution in [2.45, 2.75) is 26.8 Å². The molecule has 2 N–H and O–H groups in total. The molecule has 136 valence electrons. The lowest BCUT2D eigenvalue weighted by Crippen LogP contribution is -2.41. The largest absolute Gasteiger partial charge is 0.348 e. The van der Waals surface area contributed by atoms with E-state index in [0.717, 1.165) is 33.6 Å². The van der Waals surface area contributed by atoms with Crippen LogP contribution in [0.15, 0.2) is 24.3 Å². The van der Waals surface area contributed by atoms with Gasteiger partial charge in [0.1, 0.15) is 12.4 Å². The molecule has 0 aliphatic carbocycles. The number of hydrogen-bond acceptors (Lipinski definition) is 4. The lowest BCUT2D eigenvalue weighted by atomic mass is 10.1. The van der Waals surface area contributed by atoms with Crippen LogP contribution in [0.2, 0.25) is 0 Å². The van der Waals surface area contributed by atoms with Gasteiger partial charge in [-0.05, 0) is 39.0 Å². The van der Waals surface area contributed by atoms with Gasteiger partial charge in [0.25, 0.3) is 0 Å². The second-order valence-corrected chi connectivity index (χ2v) is 7.79. The zero-order valence-electron chi connectivity index (χ0n) is 14.5. The number of aryl methyl sites for hydroxylation is 2. The van der Waals surface area contributed by atoms with Gasteiger partial charge in [-0.1, -0.05) is 6.07 Å². The van der Waals surface area contributed by atoms with Crippen LogP contribution in [0.4, 0.5) is 10.1 Å². The van der Waals surface area contributed by atoms with Crippen LogP contribution in [0.1, 0.15) is 29.9 Å². The third-order valence-electron chi connectivity index (χ3n) is 3.78. The van der Waals surface area contributed by atoms with Gasteiger partial charge in [0, 0.05) is 11.3 Å². The molecule has 0 fully saturated rings. The number of carbonyl (C=O) groups excluding carboxylic acids is 1. The minimum atomic E-state index is -3.75. The summed E-state index contributed by atoms with van der Waals surface area (Å²) >= 11 is 0. The fourth-order valence-corrected chi connectivity index (χ4v) is 3.57. The summed E-state index contributed by atoms with van der Waals surface area (Å²) in [6.45, 7) is 5.00. The van der Waals surface area contributed by atoms with E-state index in [4.69, 9.17) is 0 Å². The average molecular weight is 368 g/mol. The Balaban J connectivity index is 2.18. The van der Waals surface area contributed by atoms with Crippen LogP contribution in [-0.4, -0.2) is 37.3 Å². The van der Waals surface area contributed by atoms with Crippen LogP contribution in [-0.2, 0) is 14.8 Å². The van der Waals surface area contributed by atoms with E-state index in [1.807, 2.05) is 13.8 Å². The number of halogens is 1. The molecular formula is C16H21FN4O3S. The van der Waals surface area contributed by atoms with E-state index in [2.05, 4.69) is 15.5 Å². The second-order valence-electron chi connectivity index (χ2n) is 5.89. The van der Waals surface area contributed by atoms with Crippen molar-refractivity contribution in [3.05, 3.63) is 47.0 Å². The Morgan fingerprint density at radius 1 is 1.40 bits per heavy atom. The number of rotatable bonds is 6. The van der Waals surface area contributed by atoms with E-state index in [0.29, 0.717) is 0 Å². The molecule has 0 unspecified atom stereocenters. The quantitative estimate of drug-likeness (QED) is 0.813. The van der Waals surface area contributed by atoms with E-state index >= 15 is 0 Å². The monoisotopic (exact) mass is 368 g/mol. The van der Waals surface area contributed by atoms with Crippen molar-refractivity contribution in [3.63, 3.8) is 0 Å². The van der Waals surface area contributed by atoms with Crippen LogP contribution in [0.3, 0.4) is 0 Å². The molecule has 7 nitrogen and oxygen atoms in total. The second kappa shape index (κ2) is 7.22. The van der Waals surface area contributed by atoms with Crippen molar-refractivity contribution in [2.75, 3.05) is 17.1 Å². The summed E-state index contributed by atoms with van der Waals surface area (Å²) in [5, 5.41) is 9.67. The lowest BCUT2D eigenvalue weighted by molar-refractivity contribution is -0.120. The number of nitrogens with one attached hydrogen (secondary N) is 2. The summed E-state index contributed by atoms with van der Waals surface area (Å²) in [6, 6.07) is 4.76. The summed E-state index contributed by atoms with van der Waals surface area (Å²) in [6.07, 6.45) is 0.971. The van der Waals surface area contributed by atoms with Crippen LogP contribution >= 0.6 is 0 Å². The number of sulfonamides is 1. The third-order valence-corrected chi connectivity index (χ3v) is 4.92. The van der Waals surface area contributed by atoms with Crippen molar-refractivity contribution in [2.24, 2.45) is 0 Å². The number of benzene rings is 1. The molecule has 0 aliphatic rings. The smallest absolute Gasteiger partial charge is 0.241 e. The Bertz CT molecular complexity index is 860. The number of aromatic nitrogens is 2. The fraction of sp³-hybridized carbons (Fsp3) is 0.375. The highest BCUT2D eigenvalue weighted by Gasteiger charge is 2.23. The maximum Gasteiger partial charge on any atom is 0.241 e. The predicted octanol–water partition coefficient (Wildman–Crippen LogP) is 1.81. The molecule has 0 radical (unpaired) electrons. The molecule has 25 heavy (non-hydrogen) atoms. The average Bonchev–Trinajstić information content (AvgIpc) is 2.82. The zero-order chi connectivity index (χ0) is 18.8. The predicted molar refractivity (Wildman–Crippen MR) is 93.2 cm³/mol. The Morgan fingerprint density at radius 2 is 2.08 bits per heavy atom. The van der Waals surface area contributed by atoms with Gasteiger partial charge in [0.15, 0.2) is 0 Å². The van der Waals surface area contributed by atoms with Gasteiger partial charge in [-0.15, -0.1) is 0 Å². The van der Waals surface area contributed by atoms with Gasteiger partial charge in [-0.3, -0.25) is 14.2 Å². The Labute approximate surface area is 146 Å². The first-order valence-electron chi connectivity index (χ1n) is 7.63. The van der Waals surface area contributed by atoms with Crippen molar-refractivity contribution < 1.29 is 17.6 Å². The first-order chi connectivity index (χ1) is 11.6. The van der Waals surface area contributed by atoms with Crippen molar-refractivity contribution in [1.29, 1.82) is 0 Å². The molecule has 1 aromatic carbocycles. The van der Waals surface area contributed by atoms with Crippen molar-refractivity contribution >= 4 is 21.6 Å². The normalized spacial score (nSPS) is 12.7. The molecule has 0 saturated heterocycles. The number of aromatic amines is 1. The maximum absolute atomic E-state index is 13.4. The lowest BCUT2D eigenvalue weighted by Gasteiger charge is -2.23. The molecule has 1 amide bonds. The van der Waals surface area contributed by atoms with E-state index in [9.17, 15) is 17.6 Å². The highest BCUT2D eigenvalue weighted by atomic mass is 32.2. The number of H-pyrrole nitrogens is 1. The number of anilines is 1. The maximum atomic E-state index is 13.4. The molecule has 0 aliphatic heterocycles. The molecular weight excluding hydrogens is 347 g/mol. The van der Waals surface area contributed by atoms with Crippen molar-refractivity contribution in [1.82, 2.24) is 15.5 Å². The summed E-state index contributed by atoms with van der Waals surface area (Å²) in [4.78, 5) is 12.3. The van der Waals surface area contributed by atoms with Gasteiger partial charge in [-0.25, -0.2) is 12.8 Å². The van der Waals surface area contributed by atoms with Gasteiger partial charge in [-0.2, -0.15) is 5.10 Å². The van der Waals surface area contributed by atoms with Crippen LogP contribution < -0.4 is 9.62 Å². The topological polar surface area (TPSA) is 95.2 Å². The molecule has 2 aromatic rings. The minimum absolute atomic E-state index is 0.0981. The molecule has 2 rings (SSSR count). The SMILES string of the molecule is Cc1n[nH]c(C)c1[C@@H](C)NC(=O)CN(c1cccc(F)c1)S(C)(=O)=O. The number of hydrogen-bond donors (Lipinski definition) is 2. The van der Waals surface area contributed by atoms with Crippen molar-refractivity contribution in [3.8, 4) is 0 Å². The standard InChI is InChI=1S/C16H21FN4O3S/c1-10(16-11(2)19-20-12(16)3)18-15(22)9-21(25(4,23)24)14-7-5-6-13(17)8-14/h5-8,10H,9H2,1-4H3,(H,18,22)(H,19,20)/t10-/m1/s1. The molecule has 9 heteroatoms. The van der Waals surface area contributed by atoms with Crippen LogP contribution in [0, 0.1) is 19.7 Å². The Kier molecular flexibility index (Phi) is 5.46. The third kappa shape index (κ3) is 4.56. The zero-order valence-corrected chi connectivity index (χ0v) is 15.3. The first-order valence-corrected chi connectivity index (χ1v) is 9.48. The van der Waals surface area contributed by atoms with Gasteiger partial charge in [0.2, 0.25) is 15.9 Å². The van der Waals surface area contributed by atoms with E-state index in [1.54, 1.807) is 6.92 Å². The highest BCUT2D eigenvalue weighted by molar-refractivity contribution is 7.92. The van der Waals surface area contributed by atoms with E-state index in [-0.39, 0.29) is 11.7 Å². The van der Waals surface area contributed by atoms with Gasteiger partial charge >= 0.3 is 0 Å². The summed E-state index contributed by atoms with van der Waals surface area (Å²) in [5.74, 6) is -1.08. The molecule has 0 spiro atoms. The fourth-order valence-electron chi connectivity index (χ4n) is 2.72.